The first kappa shape index (κ1) is 11.7. The molecule has 4 heteroatoms. The van der Waals surface area contributed by atoms with Gasteiger partial charge >= 0.3 is 5.97 Å². The summed E-state index contributed by atoms with van der Waals surface area (Å²) in [6, 6.07) is 6.97. The Morgan fingerprint density at radius 3 is 2.82 bits per heavy atom. The van der Waals surface area contributed by atoms with Crippen molar-refractivity contribution in [3.63, 3.8) is 0 Å². The molecular formula is C13H15NO3. The first-order chi connectivity index (χ1) is 8.11. The maximum absolute atomic E-state index is 10.8. The molecule has 2 N–H and O–H groups in total. The largest absolute Gasteiger partial charge is 0.478 e. The zero-order valence-electron chi connectivity index (χ0n) is 9.63. The Hall–Kier alpha value is -1.81. The first-order valence-electron chi connectivity index (χ1n) is 5.55. The predicted octanol–water partition coefficient (Wildman–Crippen LogP) is 1.97. The minimum atomic E-state index is -0.914. The van der Waals surface area contributed by atoms with E-state index < -0.39 is 5.97 Å². The quantitative estimate of drug-likeness (QED) is 0.848. The standard InChI is InChI=1S/C13H15NO3/c1-9(8-15)7-14-5-4-10-6-11(13(16)17)2-3-12(10)14/h2-6,9,15H,7-8H2,1H3,(H,16,17). The highest BCUT2D eigenvalue weighted by Crippen LogP contribution is 2.19. The van der Waals surface area contributed by atoms with Crippen LogP contribution >= 0.6 is 0 Å². The molecule has 1 aromatic heterocycles. The van der Waals surface area contributed by atoms with Crippen molar-refractivity contribution >= 4 is 16.9 Å². The summed E-state index contributed by atoms with van der Waals surface area (Å²) in [4.78, 5) is 10.8. The lowest BCUT2D eigenvalue weighted by Crippen LogP contribution is -2.10. The summed E-state index contributed by atoms with van der Waals surface area (Å²) in [6.45, 7) is 2.84. The van der Waals surface area contributed by atoms with Gasteiger partial charge in [0.25, 0.3) is 0 Å². The number of benzene rings is 1. The molecule has 2 aromatic rings. The number of aromatic carboxylic acids is 1. The molecule has 17 heavy (non-hydrogen) atoms. The van der Waals surface area contributed by atoms with Crippen LogP contribution < -0.4 is 0 Å². The van der Waals surface area contributed by atoms with E-state index in [1.165, 1.54) is 0 Å². The Bertz CT molecular complexity index is 545. The minimum Gasteiger partial charge on any atom is -0.478 e. The van der Waals surface area contributed by atoms with Gasteiger partial charge in [0.05, 0.1) is 5.56 Å². The molecule has 0 fully saturated rings. The third-order valence-corrected chi connectivity index (χ3v) is 2.84. The van der Waals surface area contributed by atoms with Crippen LogP contribution in [0.1, 0.15) is 17.3 Å². The van der Waals surface area contributed by atoms with Crippen LogP contribution in [0.4, 0.5) is 0 Å². The number of nitrogens with zero attached hydrogens (tertiary/aromatic N) is 1. The number of carboxylic acids is 1. The third-order valence-electron chi connectivity index (χ3n) is 2.84. The number of aromatic nitrogens is 1. The lowest BCUT2D eigenvalue weighted by Gasteiger charge is -2.10. The SMILES string of the molecule is CC(CO)Cn1ccc2cc(C(=O)O)ccc21. The summed E-state index contributed by atoms with van der Waals surface area (Å²) in [6.07, 6.45) is 1.92. The van der Waals surface area contributed by atoms with Gasteiger partial charge in [0.1, 0.15) is 0 Å². The predicted molar refractivity (Wildman–Crippen MR) is 65.1 cm³/mol. The molecule has 0 saturated carbocycles. The van der Waals surface area contributed by atoms with E-state index >= 15 is 0 Å². The minimum absolute atomic E-state index is 0.146. The van der Waals surface area contributed by atoms with Crippen LogP contribution in [0.15, 0.2) is 30.5 Å². The van der Waals surface area contributed by atoms with Gasteiger partial charge < -0.3 is 14.8 Å². The van der Waals surface area contributed by atoms with Gasteiger partial charge in [-0.25, -0.2) is 4.79 Å². The third kappa shape index (κ3) is 2.31. The second-order valence-electron chi connectivity index (χ2n) is 4.33. The van der Waals surface area contributed by atoms with E-state index in [1.807, 2.05) is 29.8 Å². The van der Waals surface area contributed by atoms with E-state index in [4.69, 9.17) is 10.2 Å². The molecule has 0 aliphatic rings. The number of aliphatic hydroxyl groups excluding tert-OH is 1. The van der Waals surface area contributed by atoms with Crippen LogP contribution in [0, 0.1) is 5.92 Å². The summed E-state index contributed by atoms with van der Waals surface area (Å²) in [5, 5.41) is 18.8. The molecule has 0 saturated heterocycles. The fourth-order valence-corrected chi connectivity index (χ4v) is 1.89. The van der Waals surface area contributed by atoms with E-state index in [-0.39, 0.29) is 12.5 Å². The zero-order valence-corrected chi connectivity index (χ0v) is 9.63. The van der Waals surface area contributed by atoms with Gasteiger partial charge in [-0.05, 0) is 30.2 Å². The molecule has 0 aliphatic heterocycles. The average molecular weight is 233 g/mol. The van der Waals surface area contributed by atoms with Crippen LogP contribution in [-0.2, 0) is 6.54 Å². The maximum Gasteiger partial charge on any atom is 0.335 e. The van der Waals surface area contributed by atoms with Gasteiger partial charge in [0.15, 0.2) is 0 Å². The fraction of sp³-hybridized carbons (Fsp3) is 0.308. The van der Waals surface area contributed by atoms with Crippen LogP contribution in [0.2, 0.25) is 0 Å². The number of rotatable bonds is 4. The van der Waals surface area contributed by atoms with Crippen molar-refractivity contribution in [1.82, 2.24) is 4.57 Å². The van der Waals surface area contributed by atoms with Crippen molar-refractivity contribution in [2.45, 2.75) is 13.5 Å². The van der Waals surface area contributed by atoms with Gasteiger partial charge in [-0.2, -0.15) is 0 Å². The Morgan fingerprint density at radius 2 is 2.18 bits per heavy atom. The number of hydrogen-bond acceptors (Lipinski definition) is 2. The number of hydrogen-bond donors (Lipinski definition) is 2. The fourth-order valence-electron chi connectivity index (χ4n) is 1.89. The smallest absolute Gasteiger partial charge is 0.335 e. The van der Waals surface area contributed by atoms with E-state index in [0.717, 1.165) is 17.4 Å². The van der Waals surface area contributed by atoms with E-state index in [1.54, 1.807) is 12.1 Å². The normalized spacial score (nSPS) is 12.8. The van der Waals surface area contributed by atoms with Crippen molar-refractivity contribution < 1.29 is 15.0 Å². The van der Waals surface area contributed by atoms with Crippen LogP contribution in [0.3, 0.4) is 0 Å². The van der Waals surface area contributed by atoms with Crippen LogP contribution in [0.5, 0.6) is 0 Å². The molecule has 1 aromatic carbocycles. The second kappa shape index (κ2) is 4.59. The number of fused-ring (bicyclic) bond motifs is 1. The van der Waals surface area contributed by atoms with Crippen molar-refractivity contribution in [1.29, 1.82) is 0 Å². The lowest BCUT2D eigenvalue weighted by molar-refractivity contribution is 0.0697. The number of aliphatic hydroxyl groups is 1. The van der Waals surface area contributed by atoms with Crippen LogP contribution in [0.25, 0.3) is 10.9 Å². The van der Waals surface area contributed by atoms with E-state index in [9.17, 15) is 4.79 Å². The highest BCUT2D eigenvalue weighted by Gasteiger charge is 2.08. The first-order valence-corrected chi connectivity index (χ1v) is 5.55. The summed E-state index contributed by atoms with van der Waals surface area (Å²) >= 11 is 0. The van der Waals surface area contributed by atoms with E-state index in [0.29, 0.717) is 5.56 Å². The Labute approximate surface area is 99.1 Å². The van der Waals surface area contributed by atoms with Crippen molar-refractivity contribution in [2.24, 2.45) is 5.92 Å². The molecule has 0 aliphatic carbocycles. The molecule has 1 unspecified atom stereocenters. The molecular weight excluding hydrogens is 218 g/mol. The molecule has 2 rings (SSSR count). The molecule has 1 atom stereocenters. The number of carboxylic acid groups (broad SMARTS) is 1. The molecule has 90 valence electrons. The highest BCUT2D eigenvalue weighted by atomic mass is 16.4. The number of carbonyl (C=O) groups is 1. The molecule has 0 radical (unpaired) electrons. The van der Waals surface area contributed by atoms with Gasteiger partial charge in [0, 0.05) is 30.3 Å². The Kier molecular flexibility index (Phi) is 3.15. The highest BCUT2D eigenvalue weighted by molar-refractivity contribution is 5.93. The Balaban J connectivity index is 2.38. The maximum atomic E-state index is 10.8. The monoisotopic (exact) mass is 233 g/mol. The van der Waals surface area contributed by atoms with Gasteiger partial charge in [-0.3, -0.25) is 0 Å². The molecule has 1 heterocycles. The van der Waals surface area contributed by atoms with Crippen molar-refractivity contribution in [2.75, 3.05) is 6.61 Å². The lowest BCUT2D eigenvalue weighted by atomic mass is 10.1. The van der Waals surface area contributed by atoms with Gasteiger partial charge in [0.2, 0.25) is 0 Å². The molecule has 0 amide bonds. The summed E-state index contributed by atoms with van der Waals surface area (Å²) in [5.41, 5.74) is 1.29. The Morgan fingerprint density at radius 1 is 1.41 bits per heavy atom. The average Bonchev–Trinajstić information content (AvgIpc) is 2.71. The molecule has 4 nitrogen and oxygen atoms in total. The van der Waals surface area contributed by atoms with Crippen LogP contribution in [-0.4, -0.2) is 27.4 Å². The zero-order chi connectivity index (χ0) is 12.4. The topological polar surface area (TPSA) is 62.5 Å². The summed E-state index contributed by atoms with van der Waals surface area (Å²) < 4.78 is 2.03. The van der Waals surface area contributed by atoms with Crippen molar-refractivity contribution in [3.8, 4) is 0 Å². The summed E-state index contributed by atoms with van der Waals surface area (Å²) in [5.74, 6) is -0.729. The van der Waals surface area contributed by atoms with Gasteiger partial charge in [-0.15, -0.1) is 0 Å². The molecule has 0 bridgehead atoms. The summed E-state index contributed by atoms with van der Waals surface area (Å²) in [7, 11) is 0. The second-order valence-corrected chi connectivity index (χ2v) is 4.33. The van der Waals surface area contributed by atoms with E-state index in [2.05, 4.69) is 0 Å². The van der Waals surface area contributed by atoms with Gasteiger partial charge in [-0.1, -0.05) is 6.92 Å². The van der Waals surface area contributed by atoms with Crippen molar-refractivity contribution in [3.05, 3.63) is 36.0 Å². The molecule has 0 spiro atoms.